The molecule has 0 aliphatic heterocycles. The molecule has 0 fully saturated rings. The third-order valence-electron chi connectivity index (χ3n) is 4.15. The Balaban J connectivity index is 1.79. The first-order chi connectivity index (χ1) is 12.8. The topological polar surface area (TPSA) is 84.4 Å². The summed E-state index contributed by atoms with van der Waals surface area (Å²) in [6, 6.07) is 9.06. The molecule has 2 aromatic rings. The normalized spacial score (nSPS) is 11.6. The van der Waals surface area contributed by atoms with Crippen LogP contribution in [-0.4, -0.2) is 42.3 Å². The van der Waals surface area contributed by atoms with Crippen molar-refractivity contribution in [3.63, 3.8) is 0 Å². The van der Waals surface area contributed by atoms with Gasteiger partial charge in [-0.25, -0.2) is 0 Å². The molecule has 0 saturated carbocycles. The monoisotopic (exact) mass is 390 g/mol. The standard InChI is InChI=1S/C19H23ClN4O3/c1-12-5-6-15(9-13(12)2)14(3)21-18(25)11-27-19(26)10-24(4)17-8-7-16(20)22-23-17/h5-9,14H,10-11H2,1-4H3,(H,21,25). The third kappa shape index (κ3) is 6.21. The lowest BCUT2D eigenvalue weighted by Gasteiger charge is -2.17. The number of hydrogen-bond acceptors (Lipinski definition) is 6. The first-order valence-corrected chi connectivity index (χ1v) is 8.86. The van der Waals surface area contributed by atoms with Crippen molar-refractivity contribution >= 4 is 29.3 Å². The molecule has 0 spiro atoms. The van der Waals surface area contributed by atoms with Crippen molar-refractivity contribution in [3.8, 4) is 0 Å². The van der Waals surface area contributed by atoms with Crippen molar-refractivity contribution in [1.29, 1.82) is 0 Å². The van der Waals surface area contributed by atoms with Gasteiger partial charge >= 0.3 is 5.97 Å². The Hall–Kier alpha value is -2.67. The fourth-order valence-electron chi connectivity index (χ4n) is 2.38. The zero-order valence-corrected chi connectivity index (χ0v) is 16.6. The number of amides is 1. The number of nitrogens with one attached hydrogen (secondary N) is 1. The van der Waals surface area contributed by atoms with E-state index in [-0.39, 0.29) is 30.3 Å². The zero-order valence-electron chi connectivity index (χ0n) is 15.8. The Labute approximate surface area is 163 Å². The molecule has 1 heterocycles. The van der Waals surface area contributed by atoms with Gasteiger partial charge in [0.05, 0.1) is 6.04 Å². The summed E-state index contributed by atoms with van der Waals surface area (Å²) in [5.74, 6) is -0.421. The maximum absolute atomic E-state index is 12.0. The van der Waals surface area contributed by atoms with Crippen LogP contribution in [0.1, 0.15) is 29.7 Å². The lowest BCUT2D eigenvalue weighted by molar-refractivity contribution is -0.147. The van der Waals surface area contributed by atoms with Crippen LogP contribution in [0.4, 0.5) is 5.82 Å². The number of carbonyl (C=O) groups is 2. The Bertz CT molecular complexity index is 811. The van der Waals surface area contributed by atoms with Crippen LogP contribution in [0, 0.1) is 13.8 Å². The van der Waals surface area contributed by atoms with Crippen LogP contribution in [0.15, 0.2) is 30.3 Å². The van der Waals surface area contributed by atoms with E-state index in [4.69, 9.17) is 16.3 Å². The minimum absolute atomic E-state index is 0.0592. The fraction of sp³-hybridized carbons (Fsp3) is 0.368. The molecule has 1 amide bonds. The summed E-state index contributed by atoms with van der Waals surface area (Å²) in [5, 5.41) is 10.7. The van der Waals surface area contributed by atoms with Gasteiger partial charge in [0.2, 0.25) is 0 Å². The molecule has 8 heteroatoms. The maximum atomic E-state index is 12.0. The quantitative estimate of drug-likeness (QED) is 0.731. The number of esters is 1. The van der Waals surface area contributed by atoms with Crippen LogP contribution in [0.3, 0.4) is 0 Å². The number of aromatic nitrogens is 2. The van der Waals surface area contributed by atoms with E-state index in [1.165, 1.54) is 5.56 Å². The van der Waals surface area contributed by atoms with Gasteiger partial charge in [0.1, 0.15) is 6.54 Å². The highest BCUT2D eigenvalue weighted by molar-refractivity contribution is 6.29. The largest absolute Gasteiger partial charge is 0.454 e. The molecule has 1 N–H and O–H groups in total. The predicted octanol–water partition coefficient (Wildman–Crippen LogP) is 2.60. The molecule has 2 rings (SSSR count). The van der Waals surface area contributed by atoms with Gasteiger partial charge in [-0.2, -0.15) is 0 Å². The summed E-state index contributed by atoms with van der Waals surface area (Å²) in [6.07, 6.45) is 0. The Morgan fingerprint density at radius 2 is 1.93 bits per heavy atom. The number of likely N-dealkylation sites (N-methyl/N-ethyl adjacent to an activating group) is 1. The average Bonchev–Trinajstić information content (AvgIpc) is 2.62. The lowest BCUT2D eigenvalue weighted by atomic mass is 10.0. The summed E-state index contributed by atoms with van der Waals surface area (Å²) in [5.41, 5.74) is 3.35. The van der Waals surface area contributed by atoms with Gasteiger partial charge in [-0.3, -0.25) is 9.59 Å². The highest BCUT2D eigenvalue weighted by Crippen LogP contribution is 2.16. The van der Waals surface area contributed by atoms with Crippen LogP contribution in [-0.2, 0) is 14.3 Å². The van der Waals surface area contributed by atoms with Crippen LogP contribution in [0.2, 0.25) is 5.15 Å². The van der Waals surface area contributed by atoms with Crippen molar-refractivity contribution in [2.75, 3.05) is 25.1 Å². The van der Waals surface area contributed by atoms with Crippen LogP contribution < -0.4 is 10.2 Å². The molecule has 1 unspecified atom stereocenters. The molecule has 1 aromatic carbocycles. The van der Waals surface area contributed by atoms with Gasteiger partial charge in [0, 0.05) is 7.05 Å². The SMILES string of the molecule is Cc1ccc(C(C)NC(=O)COC(=O)CN(C)c2ccc(Cl)nn2)cc1C. The molecule has 144 valence electrons. The van der Waals surface area contributed by atoms with Crippen molar-refractivity contribution in [1.82, 2.24) is 15.5 Å². The van der Waals surface area contributed by atoms with Gasteiger partial charge < -0.3 is 15.0 Å². The van der Waals surface area contributed by atoms with Gasteiger partial charge in [0.25, 0.3) is 5.91 Å². The number of ether oxygens (including phenoxy) is 1. The smallest absolute Gasteiger partial charge is 0.326 e. The van der Waals surface area contributed by atoms with Gasteiger partial charge in [-0.15, -0.1) is 10.2 Å². The molecule has 0 bridgehead atoms. The van der Waals surface area contributed by atoms with Crippen molar-refractivity contribution in [3.05, 3.63) is 52.2 Å². The van der Waals surface area contributed by atoms with Crippen molar-refractivity contribution in [2.45, 2.75) is 26.8 Å². The molecule has 0 aliphatic carbocycles. The number of rotatable bonds is 7. The van der Waals surface area contributed by atoms with E-state index in [0.29, 0.717) is 5.82 Å². The number of hydrogen-bond donors (Lipinski definition) is 1. The van der Waals surface area contributed by atoms with E-state index in [1.54, 1.807) is 24.1 Å². The van der Waals surface area contributed by atoms with Gasteiger partial charge in [-0.1, -0.05) is 29.8 Å². The lowest BCUT2D eigenvalue weighted by Crippen LogP contribution is -2.34. The minimum Gasteiger partial charge on any atom is -0.454 e. The molecule has 0 aliphatic rings. The van der Waals surface area contributed by atoms with E-state index in [2.05, 4.69) is 15.5 Å². The number of anilines is 1. The molecule has 1 atom stereocenters. The summed E-state index contributed by atoms with van der Waals surface area (Å²) < 4.78 is 5.03. The number of carbonyl (C=O) groups excluding carboxylic acids is 2. The first kappa shape index (κ1) is 20.6. The van der Waals surface area contributed by atoms with E-state index in [0.717, 1.165) is 11.1 Å². The Morgan fingerprint density at radius 1 is 1.19 bits per heavy atom. The predicted molar refractivity (Wildman–Crippen MR) is 104 cm³/mol. The fourth-order valence-corrected chi connectivity index (χ4v) is 2.48. The van der Waals surface area contributed by atoms with E-state index in [1.807, 2.05) is 39.0 Å². The molecule has 7 nitrogen and oxygen atoms in total. The van der Waals surface area contributed by atoms with Gasteiger partial charge in [0.15, 0.2) is 17.6 Å². The van der Waals surface area contributed by atoms with Gasteiger partial charge in [-0.05, 0) is 49.6 Å². The minimum atomic E-state index is -0.539. The van der Waals surface area contributed by atoms with E-state index < -0.39 is 5.97 Å². The highest BCUT2D eigenvalue weighted by Gasteiger charge is 2.14. The summed E-state index contributed by atoms with van der Waals surface area (Å²) >= 11 is 5.68. The molecule has 0 radical (unpaired) electrons. The summed E-state index contributed by atoms with van der Waals surface area (Å²) in [6.45, 7) is 5.55. The molecular formula is C19H23ClN4O3. The second-order valence-corrected chi connectivity index (χ2v) is 6.75. The molecular weight excluding hydrogens is 368 g/mol. The Morgan fingerprint density at radius 3 is 2.56 bits per heavy atom. The van der Waals surface area contributed by atoms with Crippen LogP contribution in [0.5, 0.6) is 0 Å². The number of benzene rings is 1. The van der Waals surface area contributed by atoms with Crippen LogP contribution in [0.25, 0.3) is 0 Å². The zero-order chi connectivity index (χ0) is 20.0. The van der Waals surface area contributed by atoms with Crippen molar-refractivity contribution < 1.29 is 14.3 Å². The van der Waals surface area contributed by atoms with E-state index >= 15 is 0 Å². The molecule has 27 heavy (non-hydrogen) atoms. The maximum Gasteiger partial charge on any atom is 0.326 e. The summed E-state index contributed by atoms with van der Waals surface area (Å²) in [4.78, 5) is 25.5. The van der Waals surface area contributed by atoms with E-state index in [9.17, 15) is 9.59 Å². The molecule has 1 aromatic heterocycles. The third-order valence-corrected chi connectivity index (χ3v) is 4.35. The number of halogens is 1. The first-order valence-electron chi connectivity index (χ1n) is 8.48. The second-order valence-electron chi connectivity index (χ2n) is 6.36. The Kier molecular flexibility index (Phi) is 7.12. The highest BCUT2D eigenvalue weighted by atomic mass is 35.5. The second kappa shape index (κ2) is 9.32. The average molecular weight is 391 g/mol. The number of aryl methyl sites for hydroxylation is 2. The molecule has 0 saturated heterocycles. The van der Waals surface area contributed by atoms with Crippen LogP contribution >= 0.6 is 11.6 Å². The number of nitrogens with zero attached hydrogens (tertiary/aromatic N) is 3. The summed E-state index contributed by atoms with van der Waals surface area (Å²) in [7, 11) is 1.67. The van der Waals surface area contributed by atoms with Crippen molar-refractivity contribution in [2.24, 2.45) is 0 Å².